The Morgan fingerprint density at radius 3 is 2.88 bits per heavy atom. The summed E-state index contributed by atoms with van der Waals surface area (Å²) in [5.41, 5.74) is 1.67. The third-order valence-electron chi connectivity index (χ3n) is 3.16. The van der Waals surface area contributed by atoms with Crippen molar-refractivity contribution in [3.8, 4) is 6.07 Å². The van der Waals surface area contributed by atoms with Gasteiger partial charge in [-0.15, -0.1) is 0 Å². The van der Waals surface area contributed by atoms with Crippen molar-refractivity contribution in [2.75, 3.05) is 13.6 Å². The summed E-state index contributed by atoms with van der Waals surface area (Å²) in [6, 6.07) is 3.88. The number of nitriles is 1. The summed E-state index contributed by atoms with van der Waals surface area (Å²) < 4.78 is 1.79. The Morgan fingerprint density at radius 1 is 1.59 bits per heavy atom. The summed E-state index contributed by atoms with van der Waals surface area (Å²) >= 11 is 0. The first-order chi connectivity index (χ1) is 8.11. The molecule has 0 aromatic carbocycles. The van der Waals surface area contributed by atoms with Crippen molar-refractivity contribution in [1.29, 1.82) is 5.26 Å². The van der Waals surface area contributed by atoms with E-state index < -0.39 is 0 Å². The quantitative estimate of drug-likeness (QED) is 0.810. The molecule has 90 valence electrons. The van der Waals surface area contributed by atoms with Crippen molar-refractivity contribution >= 4 is 5.91 Å². The third kappa shape index (κ3) is 2.32. The molecule has 1 N–H and O–H groups in total. The zero-order chi connectivity index (χ0) is 12.4. The number of hydrogen-bond acceptors (Lipinski definition) is 3. The van der Waals surface area contributed by atoms with E-state index in [2.05, 4.69) is 11.4 Å². The molecule has 1 amide bonds. The molecule has 0 spiro atoms. The van der Waals surface area contributed by atoms with E-state index in [0.29, 0.717) is 12.2 Å². The van der Waals surface area contributed by atoms with Crippen LogP contribution in [-0.4, -0.2) is 35.0 Å². The number of amides is 1. The number of carbonyl (C=O) groups is 1. The maximum atomic E-state index is 11.7. The number of aromatic nitrogens is 1. The average molecular weight is 232 g/mol. The molecule has 1 saturated heterocycles. The molecule has 5 heteroatoms. The van der Waals surface area contributed by atoms with E-state index in [-0.39, 0.29) is 11.9 Å². The highest BCUT2D eigenvalue weighted by atomic mass is 16.2. The minimum Gasteiger partial charge on any atom is -0.344 e. The fourth-order valence-electron chi connectivity index (χ4n) is 2.09. The molecule has 1 fully saturated rings. The number of likely N-dealkylation sites (tertiary alicyclic amines) is 1. The lowest BCUT2D eigenvalue weighted by atomic mass is 10.2. The van der Waals surface area contributed by atoms with Gasteiger partial charge in [-0.25, -0.2) is 0 Å². The number of likely N-dealkylation sites (N-methyl/N-ethyl adjacent to an activating group) is 1. The number of rotatable bonds is 3. The molecule has 17 heavy (non-hydrogen) atoms. The van der Waals surface area contributed by atoms with E-state index in [1.807, 2.05) is 26.4 Å². The van der Waals surface area contributed by atoms with Crippen LogP contribution in [0.2, 0.25) is 0 Å². The molecule has 2 heterocycles. The van der Waals surface area contributed by atoms with Crippen LogP contribution in [0.15, 0.2) is 12.3 Å². The van der Waals surface area contributed by atoms with E-state index >= 15 is 0 Å². The molecule has 2 rings (SSSR count). The molecule has 1 aromatic rings. The molecular formula is C12H16N4O. The van der Waals surface area contributed by atoms with Gasteiger partial charge in [0.05, 0.1) is 6.04 Å². The topological polar surface area (TPSA) is 61.1 Å². The van der Waals surface area contributed by atoms with Gasteiger partial charge in [-0.3, -0.25) is 4.79 Å². The molecule has 1 aromatic heterocycles. The molecule has 1 aliphatic heterocycles. The SMILES string of the molecule is CN1CCC(NCc2cc(C#N)n(C)c2)C1=O. The summed E-state index contributed by atoms with van der Waals surface area (Å²) in [4.78, 5) is 13.4. The lowest BCUT2D eigenvalue weighted by molar-refractivity contribution is -0.128. The molecule has 5 nitrogen and oxygen atoms in total. The van der Waals surface area contributed by atoms with Crippen LogP contribution in [0, 0.1) is 11.3 Å². The van der Waals surface area contributed by atoms with Crippen molar-refractivity contribution in [3.63, 3.8) is 0 Å². The maximum Gasteiger partial charge on any atom is 0.239 e. The van der Waals surface area contributed by atoms with Crippen LogP contribution >= 0.6 is 0 Å². The number of nitrogens with zero attached hydrogens (tertiary/aromatic N) is 3. The second-order valence-corrected chi connectivity index (χ2v) is 4.44. The van der Waals surface area contributed by atoms with E-state index in [4.69, 9.17) is 5.26 Å². The van der Waals surface area contributed by atoms with Gasteiger partial charge in [0.25, 0.3) is 0 Å². The second kappa shape index (κ2) is 4.60. The van der Waals surface area contributed by atoms with Gasteiger partial charge in [-0.1, -0.05) is 0 Å². The minimum absolute atomic E-state index is 0.0780. The van der Waals surface area contributed by atoms with Gasteiger partial charge >= 0.3 is 0 Å². The van der Waals surface area contributed by atoms with E-state index in [0.717, 1.165) is 18.5 Å². The van der Waals surface area contributed by atoms with E-state index in [1.54, 1.807) is 9.47 Å². The fraction of sp³-hybridized carbons (Fsp3) is 0.500. The Morgan fingerprint density at radius 2 is 2.35 bits per heavy atom. The van der Waals surface area contributed by atoms with Gasteiger partial charge in [-0.2, -0.15) is 5.26 Å². The highest BCUT2D eigenvalue weighted by molar-refractivity contribution is 5.83. The number of nitrogens with one attached hydrogen (secondary N) is 1. The lowest BCUT2D eigenvalue weighted by Gasteiger charge is -2.11. The molecule has 0 aliphatic carbocycles. The first kappa shape index (κ1) is 11.7. The van der Waals surface area contributed by atoms with Gasteiger partial charge in [0, 0.05) is 33.4 Å². The lowest BCUT2D eigenvalue weighted by Crippen LogP contribution is -2.36. The highest BCUT2D eigenvalue weighted by Gasteiger charge is 2.28. The fourth-order valence-corrected chi connectivity index (χ4v) is 2.09. The van der Waals surface area contributed by atoms with Gasteiger partial charge in [-0.05, 0) is 18.1 Å². The van der Waals surface area contributed by atoms with Gasteiger partial charge < -0.3 is 14.8 Å². The summed E-state index contributed by atoms with van der Waals surface area (Å²) in [6.07, 6.45) is 2.77. The first-order valence-electron chi connectivity index (χ1n) is 5.65. The Balaban J connectivity index is 1.94. The van der Waals surface area contributed by atoms with Crippen molar-refractivity contribution < 1.29 is 4.79 Å². The monoisotopic (exact) mass is 232 g/mol. The van der Waals surface area contributed by atoms with Crippen molar-refractivity contribution in [2.24, 2.45) is 7.05 Å². The number of aryl methyl sites for hydroxylation is 1. The van der Waals surface area contributed by atoms with Crippen LogP contribution in [0.1, 0.15) is 17.7 Å². The van der Waals surface area contributed by atoms with Crippen LogP contribution in [-0.2, 0) is 18.4 Å². The Labute approximate surface area is 101 Å². The Kier molecular flexibility index (Phi) is 3.16. The van der Waals surface area contributed by atoms with Crippen molar-refractivity contribution in [3.05, 3.63) is 23.5 Å². The van der Waals surface area contributed by atoms with E-state index in [1.165, 1.54) is 0 Å². The molecule has 1 aliphatic rings. The van der Waals surface area contributed by atoms with E-state index in [9.17, 15) is 4.79 Å². The zero-order valence-corrected chi connectivity index (χ0v) is 10.1. The Bertz CT molecular complexity index is 471. The van der Waals surface area contributed by atoms with Gasteiger partial charge in [0.2, 0.25) is 5.91 Å². The Hall–Kier alpha value is -1.80. The highest BCUT2D eigenvalue weighted by Crippen LogP contribution is 2.11. The second-order valence-electron chi connectivity index (χ2n) is 4.44. The third-order valence-corrected chi connectivity index (χ3v) is 3.16. The van der Waals surface area contributed by atoms with Crippen molar-refractivity contribution in [2.45, 2.75) is 19.0 Å². The molecular weight excluding hydrogens is 216 g/mol. The standard InChI is InChI=1S/C12H16N4O/c1-15-4-3-11(12(15)17)14-7-9-5-10(6-13)16(2)8-9/h5,8,11,14H,3-4,7H2,1-2H3. The molecule has 1 unspecified atom stereocenters. The summed E-state index contributed by atoms with van der Waals surface area (Å²) in [5, 5.41) is 12.1. The normalized spacial score (nSPS) is 19.7. The largest absolute Gasteiger partial charge is 0.344 e. The first-order valence-corrected chi connectivity index (χ1v) is 5.65. The van der Waals surface area contributed by atoms with Gasteiger partial charge in [0.15, 0.2) is 0 Å². The van der Waals surface area contributed by atoms with Crippen LogP contribution < -0.4 is 5.32 Å². The molecule has 0 radical (unpaired) electrons. The smallest absolute Gasteiger partial charge is 0.239 e. The predicted octanol–water partition coefficient (Wildman–Crippen LogP) is 0.217. The molecule has 0 bridgehead atoms. The molecule has 0 saturated carbocycles. The summed E-state index contributed by atoms with van der Waals surface area (Å²) in [6.45, 7) is 1.44. The summed E-state index contributed by atoms with van der Waals surface area (Å²) in [7, 11) is 3.66. The van der Waals surface area contributed by atoms with Gasteiger partial charge in [0.1, 0.15) is 11.8 Å². The maximum absolute atomic E-state index is 11.7. The predicted molar refractivity (Wildman–Crippen MR) is 63.0 cm³/mol. The summed E-state index contributed by atoms with van der Waals surface area (Å²) in [5.74, 6) is 0.154. The van der Waals surface area contributed by atoms with Crippen LogP contribution in [0.4, 0.5) is 0 Å². The van der Waals surface area contributed by atoms with Crippen LogP contribution in [0.3, 0.4) is 0 Å². The number of hydrogen-bond donors (Lipinski definition) is 1. The number of carbonyl (C=O) groups excluding carboxylic acids is 1. The van der Waals surface area contributed by atoms with Crippen LogP contribution in [0.5, 0.6) is 0 Å². The molecule has 1 atom stereocenters. The minimum atomic E-state index is -0.0780. The zero-order valence-electron chi connectivity index (χ0n) is 10.1. The average Bonchev–Trinajstić information content (AvgIpc) is 2.82. The van der Waals surface area contributed by atoms with Crippen molar-refractivity contribution in [1.82, 2.24) is 14.8 Å². The van der Waals surface area contributed by atoms with Crippen LogP contribution in [0.25, 0.3) is 0 Å².